The Balaban J connectivity index is 2.08. The lowest BCUT2D eigenvalue weighted by molar-refractivity contribution is 0.174. The monoisotopic (exact) mass is 246 g/mol. The highest BCUT2D eigenvalue weighted by Gasteiger charge is 2.44. The van der Waals surface area contributed by atoms with E-state index in [-0.39, 0.29) is 17.2 Å². The third-order valence-electron chi connectivity index (χ3n) is 4.21. The minimum Gasteiger partial charge on any atom is -0.317 e. The molecule has 1 spiro atoms. The van der Waals surface area contributed by atoms with Crippen LogP contribution in [0.4, 0.5) is 0 Å². The molecule has 0 radical (unpaired) electrons. The van der Waals surface area contributed by atoms with Crippen molar-refractivity contribution in [2.24, 2.45) is 5.41 Å². The Morgan fingerprint density at radius 1 is 1.31 bits per heavy atom. The molecule has 2 fully saturated rings. The summed E-state index contributed by atoms with van der Waals surface area (Å²) in [7, 11) is -3.05. The van der Waals surface area contributed by atoms with E-state index in [1.54, 1.807) is 6.92 Å². The molecule has 0 aromatic heterocycles. The van der Waals surface area contributed by atoms with Crippen LogP contribution in [0.1, 0.15) is 39.0 Å². The first-order chi connectivity index (χ1) is 7.58. The van der Waals surface area contributed by atoms with Gasteiger partial charge in [-0.3, -0.25) is 0 Å². The molecule has 2 rings (SSSR count). The number of hydrogen-bond donors (Lipinski definition) is 2. The first kappa shape index (κ1) is 12.3. The summed E-state index contributed by atoms with van der Waals surface area (Å²) in [5, 5.41) is 3.36. The largest absolute Gasteiger partial charge is 0.317 e. The lowest BCUT2D eigenvalue weighted by Gasteiger charge is -2.39. The molecule has 2 N–H and O–H groups in total. The van der Waals surface area contributed by atoms with Crippen molar-refractivity contribution < 1.29 is 8.42 Å². The van der Waals surface area contributed by atoms with Gasteiger partial charge in [0.1, 0.15) is 0 Å². The standard InChI is InChI=1S/C11H22N2O2S/c1-2-16(14,15)13-10-4-3-5-11(10)6-8-12-9-7-11/h10,12-13H,2-9H2,1H3/t10-/m0/s1. The molecule has 1 aliphatic heterocycles. The lowest BCUT2D eigenvalue weighted by atomic mass is 9.75. The zero-order chi connectivity index (χ0) is 11.6. The van der Waals surface area contributed by atoms with Crippen LogP contribution in [-0.2, 0) is 10.0 Å². The molecular weight excluding hydrogens is 224 g/mol. The molecule has 4 nitrogen and oxygen atoms in total. The minimum absolute atomic E-state index is 0.180. The Labute approximate surface area is 98.2 Å². The van der Waals surface area contributed by atoms with Crippen molar-refractivity contribution in [3.63, 3.8) is 0 Å². The fraction of sp³-hybridized carbons (Fsp3) is 1.00. The highest BCUT2D eigenvalue weighted by Crippen LogP contribution is 2.45. The van der Waals surface area contributed by atoms with E-state index in [1.807, 2.05) is 0 Å². The van der Waals surface area contributed by atoms with Crippen molar-refractivity contribution in [1.82, 2.24) is 10.0 Å². The fourth-order valence-electron chi connectivity index (χ4n) is 3.15. The van der Waals surface area contributed by atoms with Crippen molar-refractivity contribution in [2.75, 3.05) is 18.8 Å². The summed E-state index contributed by atoms with van der Waals surface area (Å²) >= 11 is 0. The molecule has 0 aromatic carbocycles. The van der Waals surface area contributed by atoms with Gasteiger partial charge < -0.3 is 5.32 Å². The smallest absolute Gasteiger partial charge is 0.211 e. The second-order valence-electron chi connectivity index (χ2n) is 5.08. The molecule has 16 heavy (non-hydrogen) atoms. The first-order valence-electron chi connectivity index (χ1n) is 6.29. The maximum Gasteiger partial charge on any atom is 0.211 e. The van der Waals surface area contributed by atoms with Crippen LogP contribution >= 0.6 is 0 Å². The number of nitrogens with one attached hydrogen (secondary N) is 2. The van der Waals surface area contributed by atoms with Gasteiger partial charge in [0.2, 0.25) is 10.0 Å². The second kappa shape index (κ2) is 4.63. The molecular formula is C11H22N2O2S. The Kier molecular flexibility index (Phi) is 3.56. The molecule has 5 heteroatoms. The van der Waals surface area contributed by atoms with Crippen molar-refractivity contribution in [3.05, 3.63) is 0 Å². The van der Waals surface area contributed by atoms with Crippen LogP contribution in [0.2, 0.25) is 0 Å². The molecule has 0 bridgehead atoms. The molecule has 1 heterocycles. The van der Waals surface area contributed by atoms with Crippen LogP contribution in [0, 0.1) is 5.41 Å². The molecule has 1 aliphatic carbocycles. The van der Waals surface area contributed by atoms with Gasteiger partial charge in [-0.1, -0.05) is 6.42 Å². The van der Waals surface area contributed by atoms with Crippen molar-refractivity contribution >= 4 is 10.0 Å². The van der Waals surface area contributed by atoms with Crippen LogP contribution in [0.15, 0.2) is 0 Å². The van der Waals surface area contributed by atoms with Crippen LogP contribution in [0.25, 0.3) is 0 Å². The van der Waals surface area contributed by atoms with E-state index in [0.717, 1.165) is 38.8 Å². The van der Waals surface area contributed by atoms with Crippen LogP contribution < -0.4 is 10.0 Å². The first-order valence-corrected chi connectivity index (χ1v) is 7.94. The highest BCUT2D eigenvalue weighted by molar-refractivity contribution is 7.89. The Morgan fingerprint density at radius 3 is 2.62 bits per heavy atom. The molecule has 1 saturated heterocycles. The van der Waals surface area contributed by atoms with E-state index in [0.29, 0.717) is 0 Å². The molecule has 1 saturated carbocycles. The fourth-order valence-corrected chi connectivity index (χ4v) is 4.11. The molecule has 2 aliphatic rings. The third-order valence-corrected chi connectivity index (χ3v) is 5.61. The predicted molar refractivity (Wildman–Crippen MR) is 64.8 cm³/mol. The summed E-state index contributed by atoms with van der Waals surface area (Å²) in [5.41, 5.74) is 0.244. The maximum absolute atomic E-state index is 11.7. The lowest BCUT2D eigenvalue weighted by Crippen LogP contribution is -2.49. The third kappa shape index (κ3) is 2.41. The highest BCUT2D eigenvalue weighted by atomic mass is 32.2. The van der Waals surface area contributed by atoms with Crippen LogP contribution in [0.3, 0.4) is 0 Å². The second-order valence-corrected chi connectivity index (χ2v) is 7.12. The van der Waals surface area contributed by atoms with E-state index < -0.39 is 10.0 Å². The maximum atomic E-state index is 11.7. The zero-order valence-corrected chi connectivity index (χ0v) is 10.8. The van der Waals surface area contributed by atoms with Gasteiger partial charge in [0.05, 0.1) is 5.75 Å². The molecule has 0 unspecified atom stereocenters. The van der Waals surface area contributed by atoms with Crippen molar-refractivity contribution in [3.8, 4) is 0 Å². The quantitative estimate of drug-likeness (QED) is 0.776. The summed E-state index contributed by atoms with van der Waals surface area (Å²) in [5.74, 6) is 0.192. The topological polar surface area (TPSA) is 58.2 Å². The van der Waals surface area contributed by atoms with Gasteiger partial charge in [0, 0.05) is 6.04 Å². The molecule has 0 aromatic rings. The van der Waals surface area contributed by atoms with Gasteiger partial charge in [-0.2, -0.15) is 0 Å². The number of rotatable bonds is 3. The summed E-state index contributed by atoms with van der Waals surface area (Å²) in [4.78, 5) is 0. The Bertz CT molecular complexity index is 334. The van der Waals surface area contributed by atoms with Crippen molar-refractivity contribution in [1.29, 1.82) is 0 Å². The number of sulfonamides is 1. The molecule has 1 atom stereocenters. The van der Waals surface area contributed by atoms with E-state index in [2.05, 4.69) is 10.0 Å². The summed E-state index contributed by atoms with van der Waals surface area (Å²) in [6.07, 6.45) is 5.59. The van der Waals surface area contributed by atoms with Crippen LogP contribution in [-0.4, -0.2) is 33.3 Å². The molecule has 94 valence electrons. The summed E-state index contributed by atoms with van der Waals surface area (Å²) in [6.45, 7) is 3.76. The van der Waals surface area contributed by atoms with Crippen LogP contribution in [0.5, 0.6) is 0 Å². The number of piperidine rings is 1. The summed E-state index contributed by atoms with van der Waals surface area (Å²) in [6, 6.07) is 0.180. The molecule has 0 amide bonds. The summed E-state index contributed by atoms with van der Waals surface area (Å²) < 4.78 is 26.2. The van der Waals surface area contributed by atoms with Gasteiger partial charge in [0.15, 0.2) is 0 Å². The minimum atomic E-state index is -3.05. The Hall–Kier alpha value is -0.130. The average Bonchev–Trinajstić information content (AvgIpc) is 2.62. The van der Waals surface area contributed by atoms with E-state index >= 15 is 0 Å². The van der Waals surface area contributed by atoms with E-state index in [4.69, 9.17) is 0 Å². The van der Waals surface area contributed by atoms with Gasteiger partial charge in [0.25, 0.3) is 0 Å². The van der Waals surface area contributed by atoms with E-state index in [1.165, 1.54) is 6.42 Å². The zero-order valence-electron chi connectivity index (χ0n) is 9.96. The van der Waals surface area contributed by atoms with Gasteiger partial charge in [-0.15, -0.1) is 0 Å². The van der Waals surface area contributed by atoms with Gasteiger partial charge >= 0.3 is 0 Å². The SMILES string of the molecule is CCS(=O)(=O)N[C@H]1CCCC12CCNCC2. The average molecular weight is 246 g/mol. The van der Waals surface area contributed by atoms with Crippen molar-refractivity contribution in [2.45, 2.75) is 45.1 Å². The van der Waals surface area contributed by atoms with E-state index in [9.17, 15) is 8.42 Å². The van der Waals surface area contributed by atoms with Gasteiger partial charge in [-0.25, -0.2) is 13.1 Å². The predicted octanol–water partition coefficient (Wildman–Crippen LogP) is 0.848. The van der Waals surface area contributed by atoms with Gasteiger partial charge in [-0.05, 0) is 51.1 Å². The normalized spacial score (nSPS) is 29.7. The Morgan fingerprint density at radius 2 is 2.00 bits per heavy atom. The number of hydrogen-bond acceptors (Lipinski definition) is 3.